The summed E-state index contributed by atoms with van der Waals surface area (Å²) < 4.78 is 5.50. The van der Waals surface area contributed by atoms with E-state index in [4.69, 9.17) is 9.51 Å². The monoisotopic (exact) mass is 276 g/mol. The maximum atomic E-state index is 5.50. The zero-order chi connectivity index (χ0) is 13.7. The molecule has 5 nitrogen and oxygen atoms in total. The second kappa shape index (κ2) is 4.53. The van der Waals surface area contributed by atoms with Gasteiger partial charge >= 0.3 is 0 Å². The third kappa shape index (κ3) is 2.07. The molecule has 110 valence electrons. The Labute approximate surface area is 120 Å². The lowest BCUT2D eigenvalue weighted by Crippen LogP contribution is -2.42. The molecule has 1 saturated carbocycles. The van der Waals surface area contributed by atoms with E-state index in [1.807, 2.05) is 0 Å². The quantitative estimate of drug-likeness (QED) is 0.822. The molecule has 20 heavy (non-hydrogen) atoms. The van der Waals surface area contributed by atoms with Crippen LogP contribution in [0.4, 0.5) is 0 Å². The van der Waals surface area contributed by atoms with Crippen LogP contribution in [0.5, 0.6) is 0 Å². The molecule has 0 amide bonds. The first-order chi connectivity index (χ1) is 9.66. The molecule has 3 aliphatic rings. The van der Waals surface area contributed by atoms with Crippen molar-refractivity contribution in [1.82, 2.24) is 19.9 Å². The maximum Gasteiger partial charge on any atom is 0.229 e. The first-order valence-corrected chi connectivity index (χ1v) is 7.87. The molecule has 3 fully saturated rings. The summed E-state index contributed by atoms with van der Waals surface area (Å²) in [7, 11) is 4.45. The molecule has 1 atom stereocenters. The summed E-state index contributed by atoms with van der Waals surface area (Å²) in [6.45, 7) is 4.64. The molecule has 0 radical (unpaired) electrons. The Balaban J connectivity index is 1.60. The van der Waals surface area contributed by atoms with Crippen LogP contribution in [-0.4, -0.2) is 60.2 Å². The van der Waals surface area contributed by atoms with Gasteiger partial charge in [0.1, 0.15) is 0 Å². The molecule has 5 heteroatoms. The van der Waals surface area contributed by atoms with Gasteiger partial charge in [0.25, 0.3) is 0 Å². The van der Waals surface area contributed by atoms with E-state index in [0.717, 1.165) is 18.3 Å². The Hall–Kier alpha value is -0.940. The molecule has 0 aromatic carbocycles. The molecule has 3 heterocycles. The van der Waals surface area contributed by atoms with E-state index in [2.05, 4.69) is 29.1 Å². The minimum absolute atomic E-state index is 0.367. The highest BCUT2D eigenvalue weighted by Gasteiger charge is 2.49. The molecule has 0 bridgehead atoms. The van der Waals surface area contributed by atoms with Crippen molar-refractivity contribution in [1.29, 1.82) is 0 Å². The van der Waals surface area contributed by atoms with Gasteiger partial charge in [-0.25, -0.2) is 0 Å². The highest BCUT2D eigenvalue weighted by atomic mass is 16.5. The van der Waals surface area contributed by atoms with Gasteiger partial charge in [-0.3, -0.25) is 0 Å². The van der Waals surface area contributed by atoms with Gasteiger partial charge in [-0.2, -0.15) is 4.98 Å². The van der Waals surface area contributed by atoms with Gasteiger partial charge in [0.2, 0.25) is 5.89 Å². The van der Waals surface area contributed by atoms with Crippen LogP contribution in [0.2, 0.25) is 0 Å². The lowest BCUT2D eigenvalue weighted by atomic mass is 9.70. The average Bonchev–Trinajstić information content (AvgIpc) is 3.08. The third-order valence-electron chi connectivity index (χ3n) is 5.50. The summed E-state index contributed by atoms with van der Waals surface area (Å²) in [5.74, 6) is 2.87. The molecular formula is C15H24N4O. The van der Waals surface area contributed by atoms with Crippen LogP contribution in [-0.2, 0) is 0 Å². The van der Waals surface area contributed by atoms with Crippen molar-refractivity contribution in [3.63, 3.8) is 0 Å². The standard InChI is InChI=1S/C15H24N4O/c1-18-7-5-15(6-8-18)10-19(2)9-12(15)13-16-14(20-17-13)11-3-4-11/h11-12H,3-10H2,1-2H3/t12-/m1/s1. The number of likely N-dealkylation sites (N-methyl/N-ethyl adjacent to an activating group) is 1. The van der Waals surface area contributed by atoms with Crippen molar-refractivity contribution in [3.8, 4) is 0 Å². The fourth-order valence-corrected chi connectivity index (χ4v) is 4.03. The minimum Gasteiger partial charge on any atom is -0.339 e. The van der Waals surface area contributed by atoms with Crippen molar-refractivity contribution in [3.05, 3.63) is 11.7 Å². The molecule has 1 aromatic heterocycles. The fraction of sp³-hybridized carbons (Fsp3) is 0.867. The maximum absolute atomic E-state index is 5.50. The molecule has 1 aromatic rings. The van der Waals surface area contributed by atoms with Gasteiger partial charge in [-0.1, -0.05) is 5.16 Å². The van der Waals surface area contributed by atoms with E-state index >= 15 is 0 Å². The summed E-state index contributed by atoms with van der Waals surface area (Å²) in [6, 6.07) is 0. The highest BCUT2D eigenvalue weighted by molar-refractivity contribution is 5.13. The van der Waals surface area contributed by atoms with Gasteiger partial charge in [0, 0.05) is 24.9 Å². The first-order valence-electron chi connectivity index (χ1n) is 7.87. The first kappa shape index (κ1) is 12.8. The Bertz CT molecular complexity index is 488. The third-order valence-corrected chi connectivity index (χ3v) is 5.50. The fourth-order valence-electron chi connectivity index (χ4n) is 4.03. The van der Waals surface area contributed by atoms with Gasteiger partial charge in [0.05, 0.1) is 0 Å². The number of hydrogen-bond acceptors (Lipinski definition) is 5. The summed E-state index contributed by atoms with van der Waals surface area (Å²) >= 11 is 0. The van der Waals surface area contributed by atoms with Gasteiger partial charge in [-0.05, 0) is 58.3 Å². The van der Waals surface area contributed by atoms with Crippen LogP contribution < -0.4 is 0 Å². The largest absolute Gasteiger partial charge is 0.339 e. The summed E-state index contributed by atoms with van der Waals surface area (Å²) in [5, 5.41) is 4.34. The predicted molar refractivity (Wildman–Crippen MR) is 75.7 cm³/mol. The molecule has 4 rings (SSSR count). The molecule has 1 spiro atoms. The van der Waals surface area contributed by atoms with Gasteiger partial charge in [-0.15, -0.1) is 0 Å². The zero-order valence-electron chi connectivity index (χ0n) is 12.5. The van der Waals surface area contributed by atoms with Gasteiger partial charge in [0.15, 0.2) is 5.82 Å². The second-order valence-corrected chi connectivity index (χ2v) is 7.18. The van der Waals surface area contributed by atoms with Crippen molar-refractivity contribution >= 4 is 0 Å². The number of rotatable bonds is 2. The average molecular weight is 276 g/mol. The van der Waals surface area contributed by atoms with Crippen LogP contribution in [0.3, 0.4) is 0 Å². The molecule has 2 saturated heterocycles. The van der Waals surface area contributed by atoms with E-state index in [0.29, 0.717) is 17.3 Å². The van der Waals surface area contributed by atoms with E-state index in [1.165, 1.54) is 45.3 Å². The summed E-state index contributed by atoms with van der Waals surface area (Å²) in [5.41, 5.74) is 0.367. The van der Waals surface area contributed by atoms with Crippen LogP contribution in [0.15, 0.2) is 4.52 Å². The van der Waals surface area contributed by atoms with Crippen LogP contribution >= 0.6 is 0 Å². The van der Waals surface area contributed by atoms with Crippen LogP contribution in [0.25, 0.3) is 0 Å². The number of nitrogens with zero attached hydrogens (tertiary/aromatic N) is 4. The van der Waals surface area contributed by atoms with E-state index in [9.17, 15) is 0 Å². The molecule has 2 aliphatic heterocycles. The molecule has 1 aliphatic carbocycles. The molecule has 0 unspecified atom stereocenters. The Morgan fingerprint density at radius 3 is 2.60 bits per heavy atom. The smallest absolute Gasteiger partial charge is 0.229 e. The molecular weight excluding hydrogens is 252 g/mol. The number of likely N-dealkylation sites (tertiary alicyclic amines) is 2. The zero-order valence-corrected chi connectivity index (χ0v) is 12.5. The Morgan fingerprint density at radius 2 is 1.90 bits per heavy atom. The lowest BCUT2D eigenvalue weighted by molar-refractivity contribution is 0.113. The van der Waals surface area contributed by atoms with Crippen molar-refractivity contribution in [2.45, 2.75) is 37.5 Å². The van der Waals surface area contributed by atoms with Crippen LogP contribution in [0, 0.1) is 5.41 Å². The van der Waals surface area contributed by atoms with Gasteiger partial charge < -0.3 is 14.3 Å². The number of hydrogen-bond donors (Lipinski definition) is 0. The lowest BCUT2D eigenvalue weighted by Gasteiger charge is -2.40. The molecule has 0 N–H and O–H groups in total. The summed E-state index contributed by atoms with van der Waals surface area (Å²) in [6.07, 6.45) is 4.96. The van der Waals surface area contributed by atoms with Crippen molar-refractivity contribution in [2.24, 2.45) is 5.41 Å². The van der Waals surface area contributed by atoms with E-state index in [1.54, 1.807) is 0 Å². The van der Waals surface area contributed by atoms with Crippen molar-refractivity contribution < 1.29 is 4.52 Å². The minimum atomic E-state index is 0.367. The summed E-state index contributed by atoms with van der Waals surface area (Å²) in [4.78, 5) is 9.62. The Morgan fingerprint density at radius 1 is 1.15 bits per heavy atom. The van der Waals surface area contributed by atoms with E-state index < -0.39 is 0 Å². The number of piperidine rings is 1. The highest BCUT2D eigenvalue weighted by Crippen LogP contribution is 2.49. The van der Waals surface area contributed by atoms with Crippen molar-refractivity contribution in [2.75, 3.05) is 40.3 Å². The number of aromatic nitrogens is 2. The predicted octanol–water partition coefficient (Wildman–Crippen LogP) is 1.69. The topological polar surface area (TPSA) is 45.4 Å². The second-order valence-electron chi connectivity index (χ2n) is 7.18. The van der Waals surface area contributed by atoms with E-state index in [-0.39, 0.29) is 0 Å². The Kier molecular flexibility index (Phi) is 2.89. The SMILES string of the molecule is CN1CCC2(CC1)CN(C)C[C@@H]2c1noc(C2CC2)n1. The van der Waals surface area contributed by atoms with Crippen LogP contribution in [0.1, 0.15) is 49.2 Å². The normalized spacial score (nSPS) is 31.2.